The van der Waals surface area contributed by atoms with E-state index in [4.69, 9.17) is 9.16 Å². The highest BCUT2D eigenvalue weighted by Crippen LogP contribution is 2.43. The number of hydrogen-bond donors (Lipinski definition) is 0. The molecular formula is C22H34O2Si. The van der Waals surface area contributed by atoms with Crippen LogP contribution in [-0.4, -0.2) is 27.6 Å². The van der Waals surface area contributed by atoms with Gasteiger partial charge in [-0.05, 0) is 72.5 Å². The number of rotatable bonds is 5. The van der Waals surface area contributed by atoms with E-state index < -0.39 is 8.32 Å². The van der Waals surface area contributed by atoms with Gasteiger partial charge in [0.15, 0.2) is 8.32 Å². The van der Waals surface area contributed by atoms with Crippen LogP contribution in [0.1, 0.15) is 52.9 Å². The second-order valence-corrected chi connectivity index (χ2v) is 13.9. The minimum absolute atomic E-state index is 0.225. The molecule has 1 unspecified atom stereocenters. The molecule has 0 bridgehead atoms. The first-order valence-corrected chi connectivity index (χ1v) is 12.7. The summed E-state index contributed by atoms with van der Waals surface area (Å²) in [5.74, 6) is 0. The molecule has 0 N–H and O–H groups in total. The molecule has 3 rings (SSSR count). The lowest BCUT2D eigenvalue weighted by Gasteiger charge is -2.36. The Labute approximate surface area is 154 Å². The molecule has 1 aliphatic heterocycles. The molecule has 0 aromatic rings. The van der Waals surface area contributed by atoms with Gasteiger partial charge >= 0.3 is 0 Å². The molecule has 0 aromatic heterocycles. The third kappa shape index (κ3) is 3.94. The van der Waals surface area contributed by atoms with Gasteiger partial charge in [0, 0.05) is 0 Å². The Hall–Kier alpha value is -0.903. The highest BCUT2D eigenvalue weighted by atomic mass is 28.4. The first kappa shape index (κ1) is 18.9. The molecule has 25 heavy (non-hydrogen) atoms. The van der Waals surface area contributed by atoms with E-state index >= 15 is 0 Å². The first-order valence-electron chi connectivity index (χ1n) is 9.77. The van der Waals surface area contributed by atoms with Crippen molar-refractivity contribution in [1.82, 2.24) is 0 Å². The second-order valence-electron chi connectivity index (χ2n) is 9.12. The van der Waals surface area contributed by atoms with Crippen LogP contribution >= 0.6 is 0 Å². The number of hydrogen-bond acceptors (Lipinski definition) is 2. The lowest BCUT2D eigenvalue weighted by atomic mass is 9.88. The van der Waals surface area contributed by atoms with E-state index in [1.807, 2.05) is 0 Å². The summed E-state index contributed by atoms with van der Waals surface area (Å²) >= 11 is 0. The zero-order chi connectivity index (χ0) is 18.2. The van der Waals surface area contributed by atoms with E-state index in [0.717, 1.165) is 13.0 Å². The van der Waals surface area contributed by atoms with Gasteiger partial charge in [0.2, 0.25) is 0 Å². The molecule has 0 radical (unpaired) electrons. The van der Waals surface area contributed by atoms with Gasteiger partial charge in [-0.1, -0.05) is 45.1 Å². The summed E-state index contributed by atoms with van der Waals surface area (Å²) in [5.41, 5.74) is 7.04. The normalized spacial score (nSPS) is 25.4. The van der Waals surface area contributed by atoms with Gasteiger partial charge in [0.1, 0.15) is 0 Å². The fourth-order valence-corrected chi connectivity index (χ4v) is 4.41. The maximum absolute atomic E-state index is 6.63. The van der Waals surface area contributed by atoms with Crippen molar-refractivity contribution in [2.24, 2.45) is 0 Å². The third-order valence-corrected chi connectivity index (χ3v) is 10.8. The molecule has 138 valence electrons. The van der Waals surface area contributed by atoms with E-state index in [-0.39, 0.29) is 5.04 Å². The zero-order valence-electron chi connectivity index (χ0n) is 16.7. The first-order chi connectivity index (χ1) is 11.7. The van der Waals surface area contributed by atoms with Gasteiger partial charge < -0.3 is 9.16 Å². The molecule has 2 aliphatic carbocycles. The molecule has 0 spiro atoms. The van der Waals surface area contributed by atoms with Crippen LogP contribution in [0.2, 0.25) is 18.1 Å². The van der Waals surface area contributed by atoms with Crippen LogP contribution in [0.3, 0.4) is 0 Å². The molecule has 2 nitrogen and oxygen atoms in total. The Morgan fingerprint density at radius 2 is 2.08 bits per heavy atom. The SMILES string of the molecule is C=CC(=C1CC1)/C(CO[Si](C)(C)C(C)(C)C)=C1\COC2CCCC=C12. The average molecular weight is 359 g/mol. The molecule has 3 aliphatic rings. The fourth-order valence-electron chi connectivity index (χ4n) is 3.48. The van der Waals surface area contributed by atoms with E-state index in [1.54, 1.807) is 0 Å². The van der Waals surface area contributed by atoms with Crippen LogP contribution in [0.4, 0.5) is 0 Å². The Balaban J connectivity index is 1.95. The highest BCUT2D eigenvalue weighted by Gasteiger charge is 2.38. The predicted octanol–water partition coefficient (Wildman–Crippen LogP) is 6.09. The van der Waals surface area contributed by atoms with Gasteiger partial charge in [-0.15, -0.1) is 0 Å². The molecule has 2 fully saturated rings. The van der Waals surface area contributed by atoms with Crippen molar-refractivity contribution in [3.63, 3.8) is 0 Å². The molecule has 1 heterocycles. The van der Waals surface area contributed by atoms with Crippen molar-refractivity contribution in [3.05, 3.63) is 46.6 Å². The second kappa shape index (κ2) is 7.01. The number of ether oxygens (including phenoxy) is 1. The van der Waals surface area contributed by atoms with Gasteiger partial charge in [-0.2, -0.15) is 0 Å². The van der Waals surface area contributed by atoms with Gasteiger partial charge in [-0.3, -0.25) is 0 Å². The Morgan fingerprint density at radius 3 is 2.68 bits per heavy atom. The van der Waals surface area contributed by atoms with Crippen LogP contribution in [0, 0.1) is 0 Å². The minimum atomic E-state index is -1.79. The van der Waals surface area contributed by atoms with E-state index in [1.165, 1.54) is 53.5 Å². The van der Waals surface area contributed by atoms with Crippen LogP contribution in [0.15, 0.2) is 46.6 Å². The topological polar surface area (TPSA) is 18.5 Å². The number of allylic oxidation sites excluding steroid dienone is 3. The van der Waals surface area contributed by atoms with Crippen LogP contribution < -0.4 is 0 Å². The Kier molecular flexibility index (Phi) is 5.30. The molecule has 1 atom stereocenters. The van der Waals surface area contributed by atoms with Crippen LogP contribution in [0.5, 0.6) is 0 Å². The van der Waals surface area contributed by atoms with Crippen molar-refractivity contribution in [1.29, 1.82) is 0 Å². The van der Waals surface area contributed by atoms with Crippen molar-refractivity contribution >= 4 is 8.32 Å². The molecule has 0 amide bonds. The predicted molar refractivity (Wildman–Crippen MR) is 108 cm³/mol. The molecular weight excluding hydrogens is 324 g/mol. The van der Waals surface area contributed by atoms with Gasteiger partial charge in [-0.25, -0.2) is 0 Å². The maximum atomic E-state index is 6.63. The summed E-state index contributed by atoms with van der Waals surface area (Å²) in [7, 11) is -1.79. The van der Waals surface area contributed by atoms with Crippen LogP contribution in [-0.2, 0) is 9.16 Å². The standard InChI is InChI=1S/C22H34O2Si/c1-7-17(16-12-13-16)20(15-24-25(5,6)22(2,3)4)19-14-23-21-11-9-8-10-18(19)21/h7,10,21H,1,8-9,11-15H2,2-6H3/b20-19+. The van der Waals surface area contributed by atoms with Crippen molar-refractivity contribution in [2.75, 3.05) is 13.2 Å². The van der Waals surface area contributed by atoms with Crippen molar-refractivity contribution in [3.8, 4) is 0 Å². The summed E-state index contributed by atoms with van der Waals surface area (Å²) in [6.45, 7) is 17.1. The van der Waals surface area contributed by atoms with E-state index in [0.29, 0.717) is 12.7 Å². The van der Waals surface area contributed by atoms with Gasteiger partial charge in [0.05, 0.1) is 19.3 Å². The zero-order valence-corrected chi connectivity index (χ0v) is 17.7. The summed E-state index contributed by atoms with van der Waals surface area (Å²) in [6, 6.07) is 0. The quantitative estimate of drug-likeness (QED) is 0.554. The maximum Gasteiger partial charge on any atom is 0.192 e. The monoisotopic (exact) mass is 358 g/mol. The largest absolute Gasteiger partial charge is 0.413 e. The van der Waals surface area contributed by atoms with Crippen LogP contribution in [0.25, 0.3) is 0 Å². The van der Waals surface area contributed by atoms with E-state index in [9.17, 15) is 0 Å². The smallest absolute Gasteiger partial charge is 0.192 e. The molecule has 0 aromatic carbocycles. The summed E-state index contributed by atoms with van der Waals surface area (Å²) in [5, 5.41) is 0.225. The summed E-state index contributed by atoms with van der Waals surface area (Å²) < 4.78 is 12.7. The van der Waals surface area contributed by atoms with Gasteiger partial charge in [0.25, 0.3) is 0 Å². The summed E-state index contributed by atoms with van der Waals surface area (Å²) in [4.78, 5) is 0. The average Bonchev–Trinajstić information content (AvgIpc) is 3.29. The third-order valence-electron chi connectivity index (χ3n) is 6.32. The number of fused-ring (bicyclic) bond motifs is 1. The summed E-state index contributed by atoms with van der Waals surface area (Å²) in [6.07, 6.45) is 10.8. The lowest BCUT2D eigenvalue weighted by Crippen LogP contribution is -2.41. The molecule has 1 saturated heterocycles. The Bertz CT molecular complexity index is 637. The lowest BCUT2D eigenvalue weighted by molar-refractivity contribution is 0.118. The minimum Gasteiger partial charge on any atom is -0.413 e. The highest BCUT2D eigenvalue weighted by molar-refractivity contribution is 6.74. The molecule has 3 heteroatoms. The van der Waals surface area contributed by atoms with Crippen molar-refractivity contribution in [2.45, 2.75) is 77.1 Å². The van der Waals surface area contributed by atoms with E-state index in [2.05, 4.69) is 52.6 Å². The Morgan fingerprint density at radius 1 is 1.36 bits per heavy atom. The van der Waals surface area contributed by atoms with Crippen molar-refractivity contribution < 1.29 is 9.16 Å². The molecule has 1 saturated carbocycles. The fraction of sp³-hybridized carbons (Fsp3) is 0.636.